The number of hydrogen-bond donors (Lipinski definition) is 1. The van der Waals surface area contributed by atoms with E-state index < -0.39 is 0 Å². The van der Waals surface area contributed by atoms with E-state index in [1.54, 1.807) is 0 Å². The van der Waals surface area contributed by atoms with E-state index in [0.29, 0.717) is 35.5 Å². The van der Waals surface area contributed by atoms with Crippen LogP contribution in [-0.4, -0.2) is 33.7 Å². The van der Waals surface area contributed by atoms with Gasteiger partial charge >= 0.3 is 0 Å². The number of nitrogens with one attached hydrogen (secondary N) is 1. The van der Waals surface area contributed by atoms with Crippen molar-refractivity contribution in [2.24, 2.45) is 0 Å². The maximum atomic E-state index is 5.47. The Labute approximate surface area is 160 Å². The third-order valence-electron chi connectivity index (χ3n) is 4.33. The molecule has 0 spiro atoms. The number of fused-ring (bicyclic) bond motifs is 1. The van der Waals surface area contributed by atoms with Crippen molar-refractivity contribution in [1.29, 1.82) is 0 Å². The van der Waals surface area contributed by atoms with Crippen molar-refractivity contribution in [2.75, 3.05) is 13.4 Å². The summed E-state index contributed by atoms with van der Waals surface area (Å²) in [5.41, 5.74) is 3.16. The Bertz CT molecular complexity index is 1120. The third kappa shape index (κ3) is 2.94. The van der Waals surface area contributed by atoms with Crippen LogP contribution in [0.4, 0.5) is 0 Å². The molecular weight excluding hydrogens is 360 g/mol. The van der Waals surface area contributed by atoms with E-state index in [4.69, 9.17) is 18.7 Å². The number of ether oxygens (including phenoxy) is 3. The lowest BCUT2D eigenvalue weighted by atomic mass is 10.1. The predicted octanol–water partition coefficient (Wildman–Crippen LogP) is 3.92. The van der Waals surface area contributed by atoms with Gasteiger partial charge in [0.15, 0.2) is 11.5 Å². The fourth-order valence-electron chi connectivity index (χ4n) is 2.95. The molecule has 1 aliphatic rings. The molecule has 4 aromatic rings. The fraction of sp³-hybridized carbons (Fsp3) is 0.150. The molecule has 0 unspecified atom stereocenters. The minimum Gasteiger partial charge on any atom is -0.494 e. The van der Waals surface area contributed by atoms with Crippen LogP contribution >= 0.6 is 0 Å². The van der Waals surface area contributed by atoms with Gasteiger partial charge in [0, 0.05) is 11.1 Å². The molecule has 2 aromatic carbocycles. The van der Waals surface area contributed by atoms with E-state index in [1.165, 1.54) is 0 Å². The standard InChI is InChI=1S/C20H16N4O4/c1-2-25-14-6-3-12(4-7-14)15-10-16(23-22-15)20-21-19(24-28-20)13-5-8-17-18(9-13)27-11-26-17/h3-10H,2,11H2,1H3,(H,22,23). The van der Waals surface area contributed by atoms with Gasteiger partial charge < -0.3 is 18.7 Å². The summed E-state index contributed by atoms with van der Waals surface area (Å²) in [7, 11) is 0. The smallest absolute Gasteiger partial charge is 0.276 e. The maximum absolute atomic E-state index is 5.47. The largest absolute Gasteiger partial charge is 0.494 e. The molecule has 2 aromatic heterocycles. The van der Waals surface area contributed by atoms with Crippen LogP contribution in [0.2, 0.25) is 0 Å². The topological polar surface area (TPSA) is 95.3 Å². The molecule has 5 rings (SSSR count). The zero-order chi connectivity index (χ0) is 18.9. The van der Waals surface area contributed by atoms with E-state index in [2.05, 4.69) is 20.3 Å². The Morgan fingerprint density at radius 3 is 2.68 bits per heavy atom. The second kappa shape index (κ2) is 6.73. The Hall–Kier alpha value is -3.81. The van der Waals surface area contributed by atoms with E-state index >= 15 is 0 Å². The lowest BCUT2D eigenvalue weighted by Crippen LogP contribution is -1.92. The number of nitrogens with zero attached hydrogens (tertiary/aromatic N) is 3. The molecule has 0 saturated carbocycles. The molecule has 0 bridgehead atoms. The molecule has 0 aliphatic carbocycles. The van der Waals surface area contributed by atoms with Crippen molar-refractivity contribution in [3.63, 3.8) is 0 Å². The van der Waals surface area contributed by atoms with Crippen LogP contribution in [0.25, 0.3) is 34.2 Å². The van der Waals surface area contributed by atoms with Crippen molar-refractivity contribution in [1.82, 2.24) is 20.3 Å². The molecule has 8 heteroatoms. The summed E-state index contributed by atoms with van der Waals surface area (Å²) in [6.45, 7) is 2.81. The van der Waals surface area contributed by atoms with Gasteiger partial charge in [-0.1, -0.05) is 5.16 Å². The van der Waals surface area contributed by atoms with E-state index in [0.717, 1.165) is 22.6 Å². The third-order valence-corrected chi connectivity index (χ3v) is 4.33. The Morgan fingerprint density at radius 2 is 1.82 bits per heavy atom. The minimum absolute atomic E-state index is 0.221. The van der Waals surface area contributed by atoms with Crippen LogP contribution in [0.5, 0.6) is 17.2 Å². The van der Waals surface area contributed by atoms with Crippen LogP contribution in [0.1, 0.15) is 6.92 Å². The molecule has 0 amide bonds. The van der Waals surface area contributed by atoms with Gasteiger partial charge in [-0.15, -0.1) is 0 Å². The molecule has 8 nitrogen and oxygen atoms in total. The van der Waals surface area contributed by atoms with Gasteiger partial charge in [0.25, 0.3) is 5.89 Å². The molecule has 3 heterocycles. The van der Waals surface area contributed by atoms with Crippen molar-refractivity contribution >= 4 is 0 Å². The van der Waals surface area contributed by atoms with Crippen molar-refractivity contribution in [2.45, 2.75) is 6.92 Å². The van der Waals surface area contributed by atoms with E-state index in [-0.39, 0.29) is 6.79 Å². The number of hydrogen-bond acceptors (Lipinski definition) is 7. The lowest BCUT2D eigenvalue weighted by molar-refractivity contribution is 0.174. The molecule has 1 aliphatic heterocycles. The average Bonchev–Trinajstić information content (AvgIpc) is 3.47. The Balaban J connectivity index is 1.39. The summed E-state index contributed by atoms with van der Waals surface area (Å²) in [5.74, 6) is 3.03. The number of rotatable bonds is 5. The summed E-state index contributed by atoms with van der Waals surface area (Å²) in [6.07, 6.45) is 0. The highest BCUT2D eigenvalue weighted by Crippen LogP contribution is 2.35. The van der Waals surface area contributed by atoms with Crippen LogP contribution in [0.3, 0.4) is 0 Å². The van der Waals surface area contributed by atoms with Crippen molar-refractivity contribution in [3.8, 4) is 51.5 Å². The zero-order valence-electron chi connectivity index (χ0n) is 15.0. The van der Waals surface area contributed by atoms with E-state index in [9.17, 15) is 0 Å². The van der Waals surface area contributed by atoms with Gasteiger partial charge in [0.2, 0.25) is 12.6 Å². The second-order valence-corrected chi connectivity index (χ2v) is 6.12. The Morgan fingerprint density at radius 1 is 1.00 bits per heavy atom. The molecule has 28 heavy (non-hydrogen) atoms. The first-order valence-electron chi connectivity index (χ1n) is 8.83. The van der Waals surface area contributed by atoms with Gasteiger partial charge in [-0.05, 0) is 55.5 Å². The predicted molar refractivity (Wildman–Crippen MR) is 100 cm³/mol. The van der Waals surface area contributed by atoms with Gasteiger partial charge in [-0.25, -0.2) is 0 Å². The number of H-pyrrole nitrogens is 1. The first-order chi connectivity index (χ1) is 13.8. The highest BCUT2D eigenvalue weighted by molar-refractivity contribution is 5.67. The van der Waals surface area contributed by atoms with Crippen LogP contribution in [0.15, 0.2) is 53.1 Å². The summed E-state index contributed by atoms with van der Waals surface area (Å²) in [4.78, 5) is 4.46. The summed E-state index contributed by atoms with van der Waals surface area (Å²) < 4.78 is 21.6. The van der Waals surface area contributed by atoms with Gasteiger partial charge in [-0.2, -0.15) is 10.1 Å². The first kappa shape index (κ1) is 16.4. The highest BCUT2D eigenvalue weighted by Gasteiger charge is 2.18. The Kier molecular flexibility index (Phi) is 3.93. The van der Waals surface area contributed by atoms with Gasteiger partial charge in [-0.3, -0.25) is 5.10 Å². The highest BCUT2D eigenvalue weighted by atomic mass is 16.7. The molecule has 0 radical (unpaired) electrons. The molecule has 0 fully saturated rings. The first-order valence-corrected chi connectivity index (χ1v) is 8.83. The average molecular weight is 376 g/mol. The molecule has 0 atom stereocenters. The monoisotopic (exact) mass is 376 g/mol. The van der Waals surface area contributed by atoms with Gasteiger partial charge in [0.1, 0.15) is 11.4 Å². The number of aromatic amines is 1. The summed E-state index contributed by atoms with van der Waals surface area (Å²) in [6, 6.07) is 15.1. The quantitative estimate of drug-likeness (QED) is 0.564. The molecule has 140 valence electrons. The van der Waals surface area contributed by atoms with E-state index in [1.807, 2.05) is 55.5 Å². The second-order valence-electron chi connectivity index (χ2n) is 6.12. The van der Waals surface area contributed by atoms with Crippen molar-refractivity contribution in [3.05, 3.63) is 48.5 Å². The van der Waals surface area contributed by atoms with Crippen LogP contribution < -0.4 is 14.2 Å². The number of benzene rings is 2. The van der Waals surface area contributed by atoms with Crippen LogP contribution in [-0.2, 0) is 0 Å². The summed E-state index contributed by atoms with van der Waals surface area (Å²) >= 11 is 0. The molecule has 0 saturated heterocycles. The molecule has 1 N–H and O–H groups in total. The fourth-order valence-corrected chi connectivity index (χ4v) is 2.95. The summed E-state index contributed by atoms with van der Waals surface area (Å²) in [5, 5.41) is 11.3. The zero-order valence-corrected chi connectivity index (χ0v) is 15.0. The normalized spacial score (nSPS) is 12.3. The SMILES string of the molecule is CCOc1ccc(-c2cc(-c3nc(-c4ccc5c(c4)OCO5)no3)[nH]n2)cc1. The van der Waals surface area contributed by atoms with Crippen molar-refractivity contribution < 1.29 is 18.7 Å². The molecular formula is C20H16N4O4. The maximum Gasteiger partial charge on any atom is 0.276 e. The minimum atomic E-state index is 0.221. The lowest BCUT2D eigenvalue weighted by Gasteiger charge is -2.02. The number of aromatic nitrogens is 4. The van der Waals surface area contributed by atoms with Gasteiger partial charge in [0.05, 0.1) is 12.3 Å². The van der Waals surface area contributed by atoms with Crippen LogP contribution in [0, 0.1) is 0 Å².